The lowest BCUT2D eigenvalue weighted by atomic mass is 10.1. The zero-order valence-electron chi connectivity index (χ0n) is 8.38. The number of rotatable bonds is 4. The van der Waals surface area contributed by atoms with Gasteiger partial charge in [0.1, 0.15) is 0 Å². The van der Waals surface area contributed by atoms with E-state index in [0.29, 0.717) is 0 Å². The molecule has 4 N–H and O–H groups in total. The Balaban J connectivity index is 2.30. The van der Waals surface area contributed by atoms with Crippen LogP contribution in [-0.4, -0.2) is 17.9 Å². The molecule has 1 fully saturated rings. The highest BCUT2D eigenvalue weighted by molar-refractivity contribution is 6.34. The summed E-state index contributed by atoms with van der Waals surface area (Å²) in [7, 11) is 0. The summed E-state index contributed by atoms with van der Waals surface area (Å²) in [5, 5.41) is 2.66. The molecule has 0 bridgehead atoms. The van der Waals surface area contributed by atoms with Crippen molar-refractivity contribution in [2.45, 2.75) is 38.6 Å². The zero-order chi connectivity index (χ0) is 10.6. The molecule has 1 unspecified atom stereocenters. The van der Waals surface area contributed by atoms with E-state index in [1.807, 2.05) is 12.3 Å². The Bertz CT molecular complexity index is 226. The van der Waals surface area contributed by atoms with Crippen LogP contribution in [0.5, 0.6) is 0 Å². The van der Waals surface area contributed by atoms with Gasteiger partial charge in [0.2, 0.25) is 0 Å². The lowest BCUT2D eigenvalue weighted by Gasteiger charge is -2.15. The molecular weight excluding hydrogens is 182 g/mol. The third kappa shape index (κ3) is 3.33. The van der Waals surface area contributed by atoms with E-state index >= 15 is 0 Å². The first-order valence-electron chi connectivity index (χ1n) is 4.98. The second-order valence-electron chi connectivity index (χ2n) is 3.73. The monoisotopic (exact) mass is 199 g/mol. The highest BCUT2D eigenvalue weighted by atomic mass is 16.2. The highest BCUT2D eigenvalue weighted by Gasteiger charge is 2.26. The average molecular weight is 199 g/mol. The number of nitrogens with one attached hydrogen (secondary N) is 2. The fourth-order valence-electron chi connectivity index (χ4n) is 1.40. The number of hydrogen-bond donors (Lipinski definition) is 3. The van der Waals surface area contributed by atoms with Gasteiger partial charge in [-0.25, -0.2) is 5.84 Å². The van der Waals surface area contributed by atoms with Crippen molar-refractivity contribution in [3.05, 3.63) is 0 Å². The Morgan fingerprint density at radius 2 is 2.07 bits per heavy atom. The molecule has 0 aliphatic heterocycles. The third-order valence-electron chi connectivity index (χ3n) is 2.48. The predicted octanol–water partition coefficient (Wildman–Crippen LogP) is -0.329. The summed E-state index contributed by atoms with van der Waals surface area (Å²) in [6.45, 7) is 1.99. The Labute approximate surface area is 83.4 Å². The van der Waals surface area contributed by atoms with Crippen molar-refractivity contribution in [3.63, 3.8) is 0 Å². The third-order valence-corrected chi connectivity index (χ3v) is 2.48. The van der Waals surface area contributed by atoms with Crippen molar-refractivity contribution in [2.24, 2.45) is 11.8 Å². The van der Waals surface area contributed by atoms with Gasteiger partial charge in [-0.05, 0) is 18.8 Å². The molecule has 1 saturated carbocycles. The zero-order valence-corrected chi connectivity index (χ0v) is 8.38. The van der Waals surface area contributed by atoms with E-state index in [4.69, 9.17) is 5.84 Å². The SMILES string of the molecule is CCC(CC1CC1)NC(=O)C(=O)NN. The van der Waals surface area contributed by atoms with Gasteiger partial charge < -0.3 is 5.32 Å². The standard InChI is InChI=1S/C9H17N3O2/c1-2-7(5-6-3-4-6)11-8(13)9(14)12-10/h6-7H,2-5,10H2,1H3,(H,11,13)(H,12,14). The van der Waals surface area contributed by atoms with Crippen LogP contribution in [0.3, 0.4) is 0 Å². The molecular formula is C9H17N3O2. The number of carbonyl (C=O) groups is 2. The number of nitrogens with two attached hydrogens (primary N) is 1. The molecule has 1 rings (SSSR count). The maximum Gasteiger partial charge on any atom is 0.323 e. The molecule has 0 heterocycles. The van der Waals surface area contributed by atoms with Crippen LogP contribution in [0.25, 0.3) is 0 Å². The Morgan fingerprint density at radius 1 is 1.43 bits per heavy atom. The van der Waals surface area contributed by atoms with E-state index in [0.717, 1.165) is 18.8 Å². The van der Waals surface area contributed by atoms with Crippen molar-refractivity contribution < 1.29 is 9.59 Å². The van der Waals surface area contributed by atoms with Gasteiger partial charge in [-0.2, -0.15) is 0 Å². The highest BCUT2D eigenvalue weighted by Crippen LogP contribution is 2.33. The molecule has 14 heavy (non-hydrogen) atoms. The number of amides is 2. The maximum absolute atomic E-state index is 11.1. The van der Waals surface area contributed by atoms with Crippen LogP contribution in [0.2, 0.25) is 0 Å². The molecule has 1 atom stereocenters. The van der Waals surface area contributed by atoms with Gasteiger partial charge in [-0.3, -0.25) is 15.0 Å². The minimum Gasteiger partial charge on any atom is -0.345 e. The predicted molar refractivity (Wildman–Crippen MR) is 51.9 cm³/mol. The van der Waals surface area contributed by atoms with Crippen LogP contribution in [0.15, 0.2) is 0 Å². The van der Waals surface area contributed by atoms with Gasteiger partial charge >= 0.3 is 11.8 Å². The minimum atomic E-state index is -0.778. The van der Waals surface area contributed by atoms with Crippen LogP contribution < -0.4 is 16.6 Å². The molecule has 0 spiro atoms. The summed E-state index contributed by atoms with van der Waals surface area (Å²) in [6, 6.07) is 0.104. The molecule has 1 aliphatic carbocycles. The average Bonchev–Trinajstić information content (AvgIpc) is 2.99. The summed E-state index contributed by atoms with van der Waals surface area (Å²) >= 11 is 0. The number of carbonyl (C=O) groups excluding carboxylic acids is 2. The molecule has 0 aromatic carbocycles. The fourth-order valence-corrected chi connectivity index (χ4v) is 1.40. The van der Waals surface area contributed by atoms with Crippen molar-refractivity contribution in [2.75, 3.05) is 0 Å². The van der Waals surface area contributed by atoms with Crippen molar-refractivity contribution in [3.8, 4) is 0 Å². The van der Waals surface area contributed by atoms with Crippen molar-refractivity contribution in [1.29, 1.82) is 0 Å². The molecule has 0 saturated heterocycles. The summed E-state index contributed by atoms with van der Waals surface area (Å²) in [5.41, 5.74) is 1.81. The number of hydrazine groups is 1. The molecule has 1 aliphatic rings. The first kappa shape index (κ1) is 11.0. The first-order chi connectivity index (χ1) is 6.67. The lowest BCUT2D eigenvalue weighted by Crippen LogP contribution is -2.46. The van der Waals surface area contributed by atoms with Crippen LogP contribution in [0, 0.1) is 5.92 Å². The molecule has 5 heteroatoms. The molecule has 0 aromatic rings. The summed E-state index contributed by atoms with van der Waals surface area (Å²) < 4.78 is 0. The summed E-state index contributed by atoms with van der Waals surface area (Å²) in [5.74, 6) is 4.16. The molecule has 0 aromatic heterocycles. The van der Waals surface area contributed by atoms with E-state index in [2.05, 4.69) is 5.32 Å². The van der Waals surface area contributed by atoms with Gasteiger partial charge in [0.25, 0.3) is 0 Å². The smallest absolute Gasteiger partial charge is 0.323 e. The van der Waals surface area contributed by atoms with E-state index < -0.39 is 11.8 Å². The molecule has 5 nitrogen and oxygen atoms in total. The normalized spacial score (nSPS) is 17.3. The van der Waals surface area contributed by atoms with Gasteiger partial charge in [-0.15, -0.1) is 0 Å². The molecule has 0 radical (unpaired) electrons. The van der Waals surface area contributed by atoms with Crippen LogP contribution >= 0.6 is 0 Å². The van der Waals surface area contributed by atoms with Gasteiger partial charge in [0, 0.05) is 6.04 Å². The van der Waals surface area contributed by atoms with Gasteiger partial charge in [-0.1, -0.05) is 19.8 Å². The first-order valence-corrected chi connectivity index (χ1v) is 4.98. The van der Waals surface area contributed by atoms with Crippen molar-refractivity contribution in [1.82, 2.24) is 10.7 Å². The van der Waals surface area contributed by atoms with E-state index in [9.17, 15) is 9.59 Å². The quantitative estimate of drug-likeness (QED) is 0.251. The van der Waals surface area contributed by atoms with E-state index in [-0.39, 0.29) is 6.04 Å². The Morgan fingerprint density at radius 3 is 2.50 bits per heavy atom. The van der Waals surface area contributed by atoms with Gasteiger partial charge in [0.05, 0.1) is 0 Å². The molecule has 80 valence electrons. The topological polar surface area (TPSA) is 84.2 Å². The summed E-state index contributed by atoms with van der Waals surface area (Å²) in [6.07, 6.45) is 4.31. The second-order valence-corrected chi connectivity index (χ2v) is 3.73. The fraction of sp³-hybridized carbons (Fsp3) is 0.778. The summed E-state index contributed by atoms with van der Waals surface area (Å²) in [4.78, 5) is 22.0. The Hall–Kier alpha value is -1.10. The van der Waals surface area contributed by atoms with Crippen LogP contribution in [0.1, 0.15) is 32.6 Å². The maximum atomic E-state index is 11.1. The Kier molecular flexibility index (Phi) is 3.88. The van der Waals surface area contributed by atoms with E-state index in [1.54, 1.807) is 0 Å². The second kappa shape index (κ2) is 4.95. The largest absolute Gasteiger partial charge is 0.345 e. The van der Waals surface area contributed by atoms with Gasteiger partial charge in [0.15, 0.2) is 0 Å². The van der Waals surface area contributed by atoms with Crippen LogP contribution in [-0.2, 0) is 9.59 Å². The van der Waals surface area contributed by atoms with Crippen LogP contribution in [0.4, 0.5) is 0 Å². The number of hydrogen-bond acceptors (Lipinski definition) is 3. The molecule has 2 amide bonds. The van der Waals surface area contributed by atoms with Crippen molar-refractivity contribution >= 4 is 11.8 Å². The van der Waals surface area contributed by atoms with E-state index in [1.165, 1.54) is 12.8 Å². The minimum absolute atomic E-state index is 0.104. The lowest BCUT2D eigenvalue weighted by molar-refractivity contribution is -0.139.